The predicted molar refractivity (Wildman–Crippen MR) is 258 cm³/mol. The van der Waals surface area contributed by atoms with Gasteiger partial charge in [0.25, 0.3) is 0 Å². The molecule has 2 aromatic heterocycles. The first-order chi connectivity index (χ1) is 29.8. The first kappa shape index (κ1) is 44.8. The molecule has 0 atom stereocenters. The second-order valence-electron chi connectivity index (χ2n) is 13.6. The van der Waals surface area contributed by atoms with Gasteiger partial charge in [0.2, 0.25) is 0 Å². The highest BCUT2D eigenvalue weighted by Crippen LogP contribution is 2.26. The molecule has 8 nitrogen and oxygen atoms in total. The van der Waals surface area contributed by atoms with Gasteiger partial charge in [-0.2, -0.15) is 10.2 Å². The summed E-state index contributed by atoms with van der Waals surface area (Å²) in [7, 11) is -1.39. The van der Waals surface area contributed by atoms with Gasteiger partial charge in [0.05, 0.1) is 13.1 Å². The van der Waals surface area contributed by atoms with Crippen LogP contribution in [0.3, 0.4) is 0 Å². The molecule has 0 radical (unpaired) electrons. The van der Waals surface area contributed by atoms with E-state index in [0.29, 0.717) is 5.46 Å². The van der Waals surface area contributed by atoms with Crippen LogP contribution in [-0.4, -0.2) is 46.7 Å². The molecule has 0 unspecified atom stereocenters. The fourth-order valence-electron chi connectivity index (χ4n) is 6.07. The molecule has 0 saturated heterocycles. The Hall–Kier alpha value is -5.76. The summed E-state index contributed by atoms with van der Waals surface area (Å²) >= 11 is 10.2. The number of hydrogen-bond acceptors (Lipinski definition) is 6. The lowest BCUT2D eigenvalue weighted by atomic mass is 9.80. The minimum atomic E-state index is -1.39. The SMILES string of the molecule is BrCc1cccc(Br)c1.Brc1cccc(Cn2cncn2)c1.OB(O)c1ccc(-c2ccccc2)cc1.c1ccc(-c2ccc(-c3cccc(Cn4cncn4)c3)cc2)cc1. The molecule has 7 aromatic carbocycles. The number of aromatic nitrogens is 6. The van der Waals surface area contributed by atoms with E-state index in [0.717, 1.165) is 38.5 Å². The molecule has 9 aromatic rings. The van der Waals surface area contributed by atoms with Crippen LogP contribution in [0.5, 0.6) is 0 Å². The lowest BCUT2D eigenvalue weighted by molar-refractivity contribution is 0.426. The summed E-state index contributed by atoms with van der Waals surface area (Å²) in [4.78, 5) is 7.87. The maximum Gasteiger partial charge on any atom is 0.488 e. The maximum absolute atomic E-state index is 8.94. The Labute approximate surface area is 382 Å². The molecule has 12 heteroatoms. The van der Waals surface area contributed by atoms with Gasteiger partial charge in [0.15, 0.2) is 0 Å². The molecule has 0 bridgehead atoms. The third-order valence-corrected chi connectivity index (χ3v) is 10.8. The first-order valence-corrected chi connectivity index (χ1v) is 22.0. The maximum atomic E-state index is 8.94. The first-order valence-electron chi connectivity index (χ1n) is 19.3. The molecule has 61 heavy (non-hydrogen) atoms. The Kier molecular flexibility index (Phi) is 17.5. The van der Waals surface area contributed by atoms with Crippen LogP contribution in [0.4, 0.5) is 0 Å². The van der Waals surface area contributed by atoms with Crippen LogP contribution < -0.4 is 5.46 Å². The van der Waals surface area contributed by atoms with Crippen LogP contribution in [0.15, 0.2) is 216 Å². The van der Waals surface area contributed by atoms with Gasteiger partial charge in [-0.25, -0.2) is 19.3 Å². The van der Waals surface area contributed by atoms with Crippen molar-refractivity contribution in [3.8, 4) is 33.4 Å². The predicted octanol–water partition coefficient (Wildman–Crippen LogP) is 11.1. The minimum absolute atomic E-state index is 0.509. The molecule has 0 amide bonds. The zero-order chi connectivity index (χ0) is 42.7. The Morgan fingerprint density at radius 3 is 1.25 bits per heavy atom. The van der Waals surface area contributed by atoms with Gasteiger partial charge in [-0.3, -0.25) is 0 Å². The van der Waals surface area contributed by atoms with Crippen LogP contribution in [0, 0.1) is 0 Å². The molecule has 2 heterocycles. The lowest BCUT2D eigenvalue weighted by Gasteiger charge is -2.07. The van der Waals surface area contributed by atoms with Gasteiger partial charge in [-0.1, -0.05) is 199 Å². The van der Waals surface area contributed by atoms with Crippen molar-refractivity contribution >= 4 is 60.4 Å². The molecular weight excluding hydrogens is 955 g/mol. The van der Waals surface area contributed by atoms with Crippen molar-refractivity contribution in [2.24, 2.45) is 0 Å². The number of alkyl halides is 1. The number of halogens is 3. The minimum Gasteiger partial charge on any atom is -0.423 e. The van der Waals surface area contributed by atoms with Gasteiger partial charge in [-0.15, -0.1) is 0 Å². The molecule has 0 aliphatic carbocycles. The van der Waals surface area contributed by atoms with Gasteiger partial charge in [-0.05, 0) is 85.9 Å². The van der Waals surface area contributed by atoms with Crippen LogP contribution >= 0.6 is 47.8 Å². The summed E-state index contributed by atoms with van der Waals surface area (Å²) in [6.07, 6.45) is 6.55. The van der Waals surface area contributed by atoms with Crippen molar-refractivity contribution in [1.82, 2.24) is 29.5 Å². The summed E-state index contributed by atoms with van der Waals surface area (Å²) in [6, 6.07) is 61.2. The van der Waals surface area contributed by atoms with E-state index in [9.17, 15) is 0 Å². The quantitative estimate of drug-likeness (QED) is 0.110. The molecule has 304 valence electrons. The largest absolute Gasteiger partial charge is 0.488 e. The summed E-state index contributed by atoms with van der Waals surface area (Å²) in [6.45, 7) is 1.50. The van der Waals surface area contributed by atoms with E-state index < -0.39 is 7.12 Å². The van der Waals surface area contributed by atoms with Crippen LogP contribution in [0.25, 0.3) is 33.4 Å². The van der Waals surface area contributed by atoms with Crippen LogP contribution in [0.2, 0.25) is 0 Å². The van der Waals surface area contributed by atoms with Gasteiger partial charge in [0.1, 0.15) is 25.3 Å². The van der Waals surface area contributed by atoms with E-state index in [2.05, 4.69) is 165 Å². The fourth-order valence-corrected chi connectivity index (χ4v) is 7.31. The van der Waals surface area contributed by atoms with E-state index in [1.54, 1.807) is 35.8 Å². The van der Waals surface area contributed by atoms with Gasteiger partial charge >= 0.3 is 7.12 Å². The van der Waals surface area contributed by atoms with Crippen molar-refractivity contribution in [2.45, 2.75) is 18.4 Å². The third-order valence-electron chi connectivity index (χ3n) is 9.12. The van der Waals surface area contributed by atoms with Gasteiger partial charge < -0.3 is 10.0 Å². The Morgan fingerprint density at radius 2 is 0.820 bits per heavy atom. The highest BCUT2D eigenvalue weighted by Gasteiger charge is 2.10. The average Bonchev–Trinajstić information content (AvgIpc) is 4.03. The van der Waals surface area contributed by atoms with Crippen molar-refractivity contribution in [3.05, 3.63) is 233 Å². The highest BCUT2D eigenvalue weighted by atomic mass is 79.9. The number of benzene rings is 7. The molecule has 0 spiro atoms. The van der Waals surface area contributed by atoms with E-state index in [-0.39, 0.29) is 0 Å². The molecule has 0 aliphatic heterocycles. The smallest absolute Gasteiger partial charge is 0.423 e. The van der Waals surface area contributed by atoms with Crippen LogP contribution in [-0.2, 0) is 18.4 Å². The van der Waals surface area contributed by atoms with Crippen molar-refractivity contribution in [2.75, 3.05) is 0 Å². The Balaban J connectivity index is 0.000000145. The monoisotopic (exact) mass is 994 g/mol. The molecule has 9 rings (SSSR count). The zero-order valence-electron chi connectivity index (χ0n) is 33.0. The topological polar surface area (TPSA) is 102 Å². The normalized spacial score (nSPS) is 10.2. The van der Waals surface area contributed by atoms with Crippen molar-refractivity contribution in [3.63, 3.8) is 0 Å². The average molecular weight is 997 g/mol. The number of rotatable bonds is 9. The second-order valence-corrected chi connectivity index (χ2v) is 16.0. The third kappa shape index (κ3) is 14.7. The molecule has 0 fully saturated rings. The summed E-state index contributed by atoms with van der Waals surface area (Å²) in [5, 5.41) is 27.0. The summed E-state index contributed by atoms with van der Waals surface area (Å²) in [5.41, 5.74) is 11.3. The standard InChI is InChI=1S/C21H17N3.C12H11BO2.C9H8BrN3.C7H6Br2/c1-2-6-18(7-3-1)19-9-11-20(12-10-19)21-8-4-5-17(13-21)14-24-16-22-15-23-24;14-13(15)12-8-6-11(7-9-12)10-4-2-1-3-5-10;10-9-3-1-2-8(4-9)5-13-7-11-6-12-13;8-5-6-2-1-3-7(9)4-6/h1-13,15-16H,14H2;1-9,14-15H;1-4,6-7H,5H2;1-4H,5H2. The Bertz CT molecular complexity index is 2620. The van der Waals surface area contributed by atoms with Crippen molar-refractivity contribution in [1.29, 1.82) is 0 Å². The molecular formula is C49H42BBr3N6O2. The molecule has 0 aliphatic rings. The molecule has 0 saturated carbocycles. The fraction of sp³-hybridized carbons (Fsp3) is 0.0612. The highest BCUT2D eigenvalue weighted by molar-refractivity contribution is 9.10. The number of nitrogens with zero attached hydrogens (tertiary/aromatic N) is 6. The van der Waals surface area contributed by atoms with E-state index in [1.165, 1.54) is 45.3 Å². The van der Waals surface area contributed by atoms with E-state index >= 15 is 0 Å². The number of hydrogen-bond donors (Lipinski definition) is 2. The second kappa shape index (κ2) is 23.9. The van der Waals surface area contributed by atoms with E-state index in [1.807, 2.05) is 77.5 Å². The van der Waals surface area contributed by atoms with Crippen molar-refractivity contribution < 1.29 is 10.0 Å². The zero-order valence-corrected chi connectivity index (χ0v) is 37.8. The summed E-state index contributed by atoms with van der Waals surface area (Å²) < 4.78 is 5.85. The lowest BCUT2D eigenvalue weighted by Crippen LogP contribution is -2.29. The van der Waals surface area contributed by atoms with Crippen LogP contribution in [0.1, 0.15) is 16.7 Å². The molecule has 2 N–H and O–H groups in total. The summed E-state index contributed by atoms with van der Waals surface area (Å²) in [5.74, 6) is 0. The van der Waals surface area contributed by atoms with E-state index in [4.69, 9.17) is 10.0 Å². The Morgan fingerprint density at radius 1 is 0.426 bits per heavy atom. The van der Waals surface area contributed by atoms with Gasteiger partial charge in [0, 0.05) is 14.3 Å².